The molecule has 3 heterocycles. The Kier molecular flexibility index (Phi) is 4.23. The zero-order valence-corrected chi connectivity index (χ0v) is 14.9. The first kappa shape index (κ1) is 16.2. The highest BCUT2D eigenvalue weighted by Crippen LogP contribution is 2.22. The molecule has 1 fully saturated rings. The van der Waals surface area contributed by atoms with E-state index in [-0.39, 0.29) is 6.10 Å². The van der Waals surface area contributed by atoms with Crippen LogP contribution >= 0.6 is 0 Å². The van der Waals surface area contributed by atoms with Crippen molar-refractivity contribution in [3.8, 4) is 0 Å². The van der Waals surface area contributed by atoms with Crippen LogP contribution in [-0.4, -0.2) is 44.1 Å². The third-order valence-corrected chi connectivity index (χ3v) is 4.68. The Hall–Kier alpha value is -2.31. The summed E-state index contributed by atoms with van der Waals surface area (Å²) in [5.74, 6) is 1.86. The number of aryl methyl sites for hydroxylation is 3. The molecule has 6 nitrogen and oxygen atoms in total. The first-order chi connectivity index (χ1) is 12.1. The molecule has 0 aliphatic carbocycles. The zero-order valence-electron chi connectivity index (χ0n) is 14.9. The summed E-state index contributed by atoms with van der Waals surface area (Å²) in [7, 11) is 2.08. The van der Waals surface area contributed by atoms with Gasteiger partial charge in [-0.1, -0.05) is 12.1 Å². The van der Waals surface area contributed by atoms with Crippen molar-refractivity contribution >= 4 is 11.0 Å². The number of aromatic nitrogens is 4. The van der Waals surface area contributed by atoms with Crippen LogP contribution in [0.25, 0.3) is 11.0 Å². The summed E-state index contributed by atoms with van der Waals surface area (Å²) in [6, 6.07) is 10.2. The number of rotatable bonds is 3. The van der Waals surface area contributed by atoms with E-state index in [2.05, 4.69) is 44.7 Å². The van der Waals surface area contributed by atoms with Crippen LogP contribution in [-0.2, 0) is 18.3 Å². The molecule has 0 saturated carbocycles. The van der Waals surface area contributed by atoms with Gasteiger partial charge in [-0.2, -0.15) is 0 Å². The number of para-hydroxylation sites is 2. The fourth-order valence-corrected chi connectivity index (χ4v) is 3.44. The number of fused-ring (bicyclic) bond motifs is 1. The first-order valence-electron chi connectivity index (χ1n) is 8.66. The van der Waals surface area contributed by atoms with Crippen LogP contribution in [0.3, 0.4) is 0 Å². The molecule has 0 unspecified atom stereocenters. The molecule has 1 saturated heterocycles. The second kappa shape index (κ2) is 6.54. The molecular weight excluding hydrogens is 314 g/mol. The first-order valence-corrected chi connectivity index (χ1v) is 8.66. The minimum atomic E-state index is -0.0814. The summed E-state index contributed by atoms with van der Waals surface area (Å²) < 4.78 is 8.11. The fraction of sp³-hybridized carbons (Fsp3) is 0.421. The Bertz CT molecular complexity index is 884. The molecule has 25 heavy (non-hydrogen) atoms. The van der Waals surface area contributed by atoms with Gasteiger partial charge < -0.3 is 9.30 Å². The third kappa shape index (κ3) is 3.27. The van der Waals surface area contributed by atoms with Gasteiger partial charge in [0, 0.05) is 31.5 Å². The van der Waals surface area contributed by atoms with Crippen molar-refractivity contribution in [1.82, 2.24) is 24.4 Å². The van der Waals surface area contributed by atoms with Gasteiger partial charge in [0.15, 0.2) is 5.82 Å². The maximum Gasteiger partial charge on any atom is 0.158 e. The van der Waals surface area contributed by atoms with Crippen molar-refractivity contribution in [3.63, 3.8) is 0 Å². The fourth-order valence-electron chi connectivity index (χ4n) is 3.44. The molecule has 6 heteroatoms. The van der Waals surface area contributed by atoms with Crippen LogP contribution in [0.4, 0.5) is 0 Å². The van der Waals surface area contributed by atoms with Crippen molar-refractivity contribution in [2.75, 3.05) is 19.7 Å². The van der Waals surface area contributed by atoms with E-state index < -0.39 is 0 Å². The molecule has 1 aliphatic rings. The predicted octanol–water partition coefficient (Wildman–Crippen LogP) is 2.55. The molecule has 0 spiro atoms. The van der Waals surface area contributed by atoms with Crippen molar-refractivity contribution in [3.05, 3.63) is 53.4 Å². The lowest BCUT2D eigenvalue weighted by molar-refractivity contribution is -0.0382. The largest absolute Gasteiger partial charge is 0.368 e. The molecule has 0 N–H and O–H groups in total. The zero-order chi connectivity index (χ0) is 17.4. The molecule has 3 aromatic rings. The summed E-state index contributed by atoms with van der Waals surface area (Å²) in [4.78, 5) is 16.3. The summed E-state index contributed by atoms with van der Waals surface area (Å²) >= 11 is 0. The van der Waals surface area contributed by atoms with E-state index in [4.69, 9.17) is 9.72 Å². The summed E-state index contributed by atoms with van der Waals surface area (Å²) in [5, 5.41) is 0. The van der Waals surface area contributed by atoms with Gasteiger partial charge in [-0.3, -0.25) is 4.90 Å². The standard InChI is InChI=1S/C19H23N5O/c1-13-10-14(2)21-19(20-13)17-11-24(8-9-25-17)12-18-22-15-6-4-5-7-16(15)23(18)3/h4-7,10,17H,8-9,11-12H2,1-3H3/t17-/m0/s1. The minimum absolute atomic E-state index is 0.0814. The number of morpholine rings is 1. The van der Waals surface area contributed by atoms with Gasteiger partial charge in [-0.15, -0.1) is 0 Å². The van der Waals surface area contributed by atoms with Crippen LogP contribution in [0.1, 0.15) is 29.1 Å². The molecule has 0 radical (unpaired) electrons. The van der Waals surface area contributed by atoms with Crippen LogP contribution in [0, 0.1) is 13.8 Å². The van der Waals surface area contributed by atoms with Gasteiger partial charge in [0.2, 0.25) is 0 Å². The van der Waals surface area contributed by atoms with E-state index >= 15 is 0 Å². The molecule has 2 aromatic heterocycles. The van der Waals surface area contributed by atoms with E-state index in [0.29, 0.717) is 6.61 Å². The molecule has 130 valence electrons. The monoisotopic (exact) mass is 337 g/mol. The van der Waals surface area contributed by atoms with Gasteiger partial charge in [-0.05, 0) is 32.0 Å². The lowest BCUT2D eigenvalue weighted by Gasteiger charge is -2.32. The summed E-state index contributed by atoms with van der Waals surface area (Å²) in [6.45, 7) is 7.16. The highest BCUT2D eigenvalue weighted by atomic mass is 16.5. The Morgan fingerprint density at radius 2 is 1.88 bits per heavy atom. The van der Waals surface area contributed by atoms with Gasteiger partial charge >= 0.3 is 0 Å². The number of benzene rings is 1. The number of nitrogens with zero attached hydrogens (tertiary/aromatic N) is 5. The van der Waals surface area contributed by atoms with Crippen molar-refractivity contribution < 1.29 is 4.74 Å². The van der Waals surface area contributed by atoms with E-state index in [1.165, 1.54) is 5.52 Å². The van der Waals surface area contributed by atoms with E-state index in [1.54, 1.807) is 0 Å². The smallest absolute Gasteiger partial charge is 0.158 e. The molecule has 1 aromatic carbocycles. The average molecular weight is 337 g/mol. The predicted molar refractivity (Wildman–Crippen MR) is 96.2 cm³/mol. The van der Waals surface area contributed by atoms with Crippen molar-refractivity contribution in [2.45, 2.75) is 26.5 Å². The van der Waals surface area contributed by atoms with Gasteiger partial charge in [0.25, 0.3) is 0 Å². The summed E-state index contributed by atoms with van der Waals surface area (Å²) in [5.41, 5.74) is 4.18. The van der Waals surface area contributed by atoms with Crippen LogP contribution in [0.5, 0.6) is 0 Å². The SMILES string of the molecule is Cc1cc(C)nc([C@@H]2CN(Cc3nc4ccccc4n3C)CCO2)n1. The van der Waals surface area contributed by atoms with E-state index in [0.717, 1.165) is 48.2 Å². The molecule has 1 atom stereocenters. The Balaban J connectivity index is 1.53. The Morgan fingerprint density at radius 3 is 2.64 bits per heavy atom. The normalized spacial score (nSPS) is 18.8. The van der Waals surface area contributed by atoms with Crippen LogP contribution in [0.15, 0.2) is 30.3 Å². The van der Waals surface area contributed by atoms with Crippen LogP contribution in [0.2, 0.25) is 0 Å². The Labute approximate surface area is 147 Å². The van der Waals surface area contributed by atoms with Gasteiger partial charge in [-0.25, -0.2) is 15.0 Å². The Morgan fingerprint density at radius 1 is 1.12 bits per heavy atom. The van der Waals surface area contributed by atoms with Gasteiger partial charge in [0.05, 0.1) is 24.2 Å². The highest BCUT2D eigenvalue weighted by Gasteiger charge is 2.25. The number of imidazole rings is 1. The minimum Gasteiger partial charge on any atom is -0.368 e. The average Bonchev–Trinajstić information content (AvgIpc) is 2.91. The summed E-state index contributed by atoms with van der Waals surface area (Å²) in [6.07, 6.45) is -0.0814. The molecule has 1 aliphatic heterocycles. The van der Waals surface area contributed by atoms with Crippen LogP contribution < -0.4 is 0 Å². The highest BCUT2D eigenvalue weighted by molar-refractivity contribution is 5.75. The number of ether oxygens (including phenoxy) is 1. The molecule has 0 amide bonds. The molecule has 0 bridgehead atoms. The number of hydrogen-bond donors (Lipinski definition) is 0. The lowest BCUT2D eigenvalue weighted by Crippen LogP contribution is -2.39. The van der Waals surface area contributed by atoms with E-state index in [9.17, 15) is 0 Å². The van der Waals surface area contributed by atoms with E-state index in [1.807, 2.05) is 26.0 Å². The topological polar surface area (TPSA) is 56.1 Å². The van der Waals surface area contributed by atoms with Crippen molar-refractivity contribution in [2.24, 2.45) is 7.05 Å². The second-order valence-electron chi connectivity index (χ2n) is 6.68. The van der Waals surface area contributed by atoms with Gasteiger partial charge in [0.1, 0.15) is 11.9 Å². The quantitative estimate of drug-likeness (QED) is 0.735. The molecule has 4 rings (SSSR count). The number of hydrogen-bond acceptors (Lipinski definition) is 5. The second-order valence-corrected chi connectivity index (χ2v) is 6.68. The lowest BCUT2D eigenvalue weighted by atomic mass is 10.2. The maximum absolute atomic E-state index is 5.94. The maximum atomic E-state index is 5.94. The third-order valence-electron chi connectivity index (χ3n) is 4.68. The molecular formula is C19H23N5O. The van der Waals surface area contributed by atoms with Crippen molar-refractivity contribution in [1.29, 1.82) is 0 Å².